The summed E-state index contributed by atoms with van der Waals surface area (Å²) < 4.78 is 13.9. The van der Waals surface area contributed by atoms with Crippen molar-refractivity contribution in [2.24, 2.45) is 0 Å². The monoisotopic (exact) mass is 662 g/mol. The lowest BCUT2D eigenvalue weighted by molar-refractivity contribution is 0.0525. The van der Waals surface area contributed by atoms with Crippen LogP contribution in [0.5, 0.6) is 0 Å². The number of carboxylic acids is 2. The molecule has 6 aromatic rings. The first-order chi connectivity index (χ1) is 23.5. The van der Waals surface area contributed by atoms with E-state index in [1.165, 1.54) is 45.8 Å². The SMILES string of the molecule is CCOC(=O)c1cccc(-c2ccc(C(c3c(C)[nH]n(-c4cccc(C(=O)O)c4)c3=O)c3c(C)[nH]n(-c4cccc(C(=O)O)c4)c3=O)o2)c1. The number of nitrogens with zero attached hydrogens (tertiary/aromatic N) is 2. The molecule has 0 radical (unpaired) electrons. The fraction of sp³-hybridized carbons (Fsp3) is 0.139. The highest BCUT2D eigenvalue weighted by molar-refractivity contribution is 5.91. The number of hydrogen-bond acceptors (Lipinski definition) is 7. The zero-order valence-corrected chi connectivity index (χ0v) is 26.5. The first kappa shape index (κ1) is 32.3. The molecule has 0 bridgehead atoms. The second-order valence-corrected chi connectivity index (χ2v) is 11.2. The van der Waals surface area contributed by atoms with Gasteiger partial charge in [0.05, 0.1) is 51.7 Å². The van der Waals surface area contributed by atoms with Crippen LogP contribution >= 0.6 is 0 Å². The Hall–Kier alpha value is -6.63. The van der Waals surface area contributed by atoms with Gasteiger partial charge < -0.3 is 19.4 Å². The fourth-order valence-electron chi connectivity index (χ4n) is 5.82. The highest BCUT2D eigenvalue weighted by atomic mass is 16.5. The number of rotatable bonds is 10. The molecule has 0 aliphatic carbocycles. The van der Waals surface area contributed by atoms with E-state index in [4.69, 9.17) is 9.15 Å². The Bertz CT molecular complexity index is 2250. The normalized spacial score (nSPS) is 11.2. The summed E-state index contributed by atoms with van der Waals surface area (Å²) in [5.41, 5.74) is 1.35. The number of furan rings is 1. The van der Waals surface area contributed by atoms with Crippen LogP contribution in [0.1, 0.15) is 72.2 Å². The van der Waals surface area contributed by atoms with E-state index >= 15 is 0 Å². The van der Waals surface area contributed by atoms with Gasteiger partial charge in [0.15, 0.2) is 0 Å². The van der Waals surface area contributed by atoms with Crippen molar-refractivity contribution in [1.82, 2.24) is 19.6 Å². The van der Waals surface area contributed by atoms with E-state index in [0.717, 1.165) is 0 Å². The molecular formula is C36H30N4O9. The molecule has 4 N–H and O–H groups in total. The maximum Gasteiger partial charge on any atom is 0.338 e. The molecule has 0 aliphatic rings. The molecule has 0 aliphatic heterocycles. The van der Waals surface area contributed by atoms with Crippen LogP contribution in [0.2, 0.25) is 0 Å². The third-order valence-corrected chi connectivity index (χ3v) is 8.08. The number of ether oxygens (including phenoxy) is 1. The largest absolute Gasteiger partial charge is 0.478 e. The van der Waals surface area contributed by atoms with Crippen LogP contribution in [0.15, 0.2) is 98.9 Å². The standard InChI is InChI=1S/C36H30N4O9/c1-4-48-36(47)24-11-5-8-21(16-24)27-14-15-28(49-27)31(29-19(2)37-39(32(29)41)25-12-6-9-22(17-25)34(43)44)30-20(3)38-40(33(30)42)26-13-7-10-23(18-26)35(45)46/h5-18,31,37-38H,4H2,1-3H3,(H,43,44)(H,45,46). The Labute approximate surface area is 277 Å². The number of carboxylic acid groups (broad SMARTS) is 2. The van der Waals surface area contributed by atoms with Crippen molar-refractivity contribution in [1.29, 1.82) is 0 Å². The van der Waals surface area contributed by atoms with E-state index in [1.807, 2.05) is 0 Å². The topological polar surface area (TPSA) is 190 Å². The number of esters is 1. The lowest BCUT2D eigenvalue weighted by Crippen LogP contribution is -2.25. The van der Waals surface area contributed by atoms with Crippen LogP contribution in [0.4, 0.5) is 0 Å². The molecule has 6 rings (SSSR count). The number of aryl methyl sites for hydroxylation is 2. The third-order valence-electron chi connectivity index (χ3n) is 8.08. The van der Waals surface area contributed by atoms with E-state index < -0.39 is 34.9 Å². The van der Waals surface area contributed by atoms with Gasteiger partial charge in [-0.3, -0.25) is 19.8 Å². The summed E-state index contributed by atoms with van der Waals surface area (Å²) in [7, 11) is 0. The van der Waals surface area contributed by atoms with Crippen LogP contribution in [-0.2, 0) is 4.74 Å². The number of H-pyrrole nitrogens is 2. The number of hydrogen-bond donors (Lipinski definition) is 4. The molecule has 0 saturated heterocycles. The average Bonchev–Trinajstić information content (AvgIpc) is 3.78. The summed E-state index contributed by atoms with van der Waals surface area (Å²) in [6.45, 7) is 5.23. The summed E-state index contributed by atoms with van der Waals surface area (Å²) in [6, 6.07) is 21.7. The van der Waals surface area contributed by atoms with E-state index in [1.54, 1.807) is 69.3 Å². The lowest BCUT2D eigenvalue weighted by atomic mass is 9.89. The third kappa shape index (κ3) is 6.00. The van der Waals surface area contributed by atoms with E-state index in [2.05, 4.69) is 10.2 Å². The number of carbonyl (C=O) groups excluding carboxylic acids is 1. The van der Waals surface area contributed by atoms with Crippen molar-refractivity contribution < 1.29 is 33.8 Å². The summed E-state index contributed by atoms with van der Waals surface area (Å²) in [5.74, 6) is -3.32. The summed E-state index contributed by atoms with van der Waals surface area (Å²) in [5, 5.41) is 25.1. The van der Waals surface area contributed by atoms with E-state index in [0.29, 0.717) is 28.3 Å². The molecule has 3 heterocycles. The minimum absolute atomic E-state index is 0.0246. The molecule has 3 aromatic heterocycles. The van der Waals surface area contributed by atoms with Gasteiger partial charge in [0.2, 0.25) is 0 Å². The van der Waals surface area contributed by atoms with Gasteiger partial charge in [0.25, 0.3) is 11.1 Å². The molecule has 0 amide bonds. The van der Waals surface area contributed by atoms with Gasteiger partial charge >= 0.3 is 17.9 Å². The number of nitrogens with one attached hydrogen (secondary N) is 2. The molecule has 3 aromatic carbocycles. The molecule has 0 atom stereocenters. The van der Waals surface area contributed by atoms with E-state index in [-0.39, 0.29) is 46.0 Å². The summed E-state index contributed by atoms with van der Waals surface area (Å²) >= 11 is 0. The molecule has 0 saturated carbocycles. The Kier molecular flexibility index (Phi) is 8.49. The van der Waals surface area contributed by atoms with Gasteiger partial charge in [-0.25, -0.2) is 23.7 Å². The molecule has 13 nitrogen and oxygen atoms in total. The first-order valence-corrected chi connectivity index (χ1v) is 15.2. The molecule has 248 valence electrons. The highest BCUT2D eigenvalue weighted by Crippen LogP contribution is 2.36. The highest BCUT2D eigenvalue weighted by Gasteiger charge is 2.33. The van der Waals surface area contributed by atoms with Crippen LogP contribution < -0.4 is 11.1 Å². The molecular weight excluding hydrogens is 632 g/mol. The quantitative estimate of drug-likeness (QED) is 0.142. The molecule has 0 spiro atoms. The Morgan fingerprint density at radius 1 is 0.735 bits per heavy atom. The van der Waals surface area contributed by atoms with Crippen molar-refractivity contribution in [3.63, 3.8) is 0 Å². The molecule has 49 heavy (non-hydrogen) atoms. The van der Waals surface area contributed by atoms with Gasteiger partial charge in [-0.15, -0.1) is 0 Å². The van der Waals surface area contributed by atoms with Gasteiger partial charge in [-0.05, 0) is 81.4 Å². The average molecular weight is 663 g/mol. The summed E-state index contributed by atoms with van der Waals surface area (Å²) in [6.07, 6.45) is 0. The molecule has 0 unspecified atom stereocenters. The lowest BCUT2D eigenvalue weighted by Gasteiger charge is -2.13. The predicted molar refractivity (Wildman–Crippen MR) is 177 cm³/mol. The second kappa shape index (κ2) is 12.9. The predicted octanol–water partition coefficient (Wildman–Crippen LogP) is 5.27. The molecule has 0 fully saturated rings. The Morgan fingerprint density at radius 2 is 1.24 bits per heavy atom. The number of benzene rings is 3. The van der Waals surface area contributed by atoms with Crippen molar-refractivity contribution >= 4 is 17.9 Å². The molecule has 13 heteroatoms. The van der Waals surface area contributed by atoms with Crippen molar-refractivity contribution in [3.8, 4) is 22.7 Å². The van der Waals surface area contributed by atoms with Gasteiger partial charge in [-0.2, -0.15) is 0 Å². The van der Waals surface area contributed by atoms with Crippen LogP contribution in [0.3, 0.4) is 0 Å². The second-order valence-electron chi connectivity index (χ2n) is 11.2. The Balaban J connectivity index is 1.55. The maximum absolute atomic E-state index is 14.2. The minimum atomic E-state index is -1.16. The van der Waals surface area contributed by atoms with Crippen LogP contribution in [-0.4, -0.2) is 54.3 Å². The van der Waals surface area contributed by atoms with Crippen molar-refractivity contribution in [2.75, 3.05) is 6.61 Å². The van der Waals surface area contributed by atoms with Crippen molar-refractivity contribution in [3.05, 3.63) is 151 Å². The smallest absolute Gasteiger partial charge is 0.338 e. The number of aromatic amines is 2. The zero-order valence-electron chi connectivity index (χ0n) is 26.5. The van der Waals surface area contributed by atoms with E-state index in [9.17, 15) is 34.2 Å². The Morgan fingerprint density at radius 3 is 1.76 bits per heavy atom. The number of aromatic nitrogens is 4. The number of aromatic carboxylic acids is 2. The van der Waals surface area contributed by atoms with Crippen LogP contribution in [0.25, 0.3) is 22.7 Å². The fourth-order valence-corrected chi connectivity index (χ4v) is 5.82. The minimum Gasteiger partial charge on any atom is -0.478 e. The van der Waals surface area contributed by atoms with Gasteiger partial charge in [-0.1, -0.05) is 24.3 Å². The number of carbonyl (C=O) groups is 3. The summed E-state index contributed by atoms with van der Waals surface area (Å²) in [4.78, 5) is 64.3. The first-order valence-electron chi connectivity index (χ1n) is 15.2. The van der Waals surface area contributed by atoms with Gasteiger partial charge in [0.1, 0.15) is 11.5 Å². The van der Waals surface area contributed by atoms with Crippen molar-refractivity contribution in [2.45, 2.75) is 26.7 Å². The van der Waals surface area contributed by atoms with Gasteiger partial charge in [0, 0.05) is 17.0 Å². The zero-order chi connectivity index (χ0) is 35.0. The maximum atomic E-state index is 14.2. The van der Waals surface area contributed by atoms with Crippen LogP contribution in [0, 0.1) is 13.8 Å².